The smallest absolute Gasteiger partial charge is 0.224 e. The number of benzene rings is 1. The first-order valence-electron chi connectivity index (χ1n) is 5.58. The molecular weight excluding hydrogens is 248 g/mol. The number of thiazole rings is 1. The molecule has 0 saturated carbocycles. The summed E-state index contributed by atoms with van der Waals surface area (Å²) in [5, 5.41) is 3.91. The van der Waals surface area contributed by atoms with E-state index in [0.29, 0.717) is 6.54 Å². The van der Waals surface area contributed by atoms with Crippen LogP contribution >= 0.6 is 11.3 Å². The predicted octanol–water partition coefficient (Wildman–Crippen LogP) is 1.80. The third-order valence-corrected chi connectivity index (χ3v) is 3.74. The molecule has 96 valence electrons. The zero-order valence-electron chi connectivity index (χ0n) is 10.4. The van der Waals surface area contributed by atoms with Gasteiger partial charge in [-0.1, -0.05) is 11.3 Å². The molecule has 0 aliphatic carbocycles. The van der Waals surface area contributed by atoms with Crippen LogP contribution < -0.4 is 16.8 Å². The van der Waals surface area contributed by atoms with Crippen molar-refractivity contribution in [3.8, 4) is 0 Å². The number of carbonyl (C=O) groups excluding carboxylic acids is 1. The van der Waals surface area contributed by atoms with Crippen molar-refractivity contribution in [2.75, 3.05) is 17.6 Å². The van der Waals surface area contributed by atoms with Crippen molar-refractivity contribution in [3.05, 3.63) is 18.2 Å². The molecule has 2 aromatic rings. The SMILES string of the molecule is CC(C)(CNc1nc2ccc(N)cc2s1)C(N)=O. The predicted molar refractivity (Wildman–Crippen MR) is 75.5 cm³/mol. The van der Waals surface area contributed by atoms with Gasteiger partial charge in [-0.25, -0.2) is 4.98 Å². The lowest BCUT2D eigenvalue weighted by Crippen LogP contribution is -2.37. The molecule has 0 atom stereocenters. The van der Waals surface area contributed by atoms with Crippen LogP contribution in [0.25, 0.3) is 10.2 Å². The van der Waals surface area contributed by atoms with Gasteiger partial charge in [-0.05, 0) is 32.0 Å². The van der Waals surface area contributed by atoms with Crippen LogP contribution in [0.15, 0.2) is 18.2 Å². The highest BCUT2D eigenvalue weighted by molar-refractivity contribution is 7.22. The third kappa shape index (κ3) is 2.53. The maximum atomic E-state index is 11.2. The quantitative estimate of drug-likeness (QED) is 0.734. The molecule has 0 bridgehead atoms. The first-order chi connectivity index (χ1) is 8.38. The molecule has 1 aromatic heterocycles. The Morgan fingerprint density at radius 1 is 1.50 bits per heavy atom. The van der Waals surface area contributed by atoms with Gasteiger partial charge in [0, 0.05) is 12.2 Å². The number of amides is 1. The van der Waals surface area contributed by atoms with Crippen molar-refractivity contribution in [2.45, 2.75) is 13.8 Å². The van der Waals surface area contributed by atoms with Crippen LogP contribution in [0.3, 0.4) is 0 Å². The summed E-state index contributed by atoms with van der Waals surface area (Å²) in [6.45, 7) is 4.05. The highest BCUT2D eigenvalue weighted by atomic mass is 32.1. The minimum Gasteiger partial charge on any atom is -0.399 e. The van der Waals surface area contributed by atoms with Gasteiger partial charge in [0.05, 0.1) is 15.6 Å². The number of nitrogens with one attached hydrogen (secondary N) is 1. The molecule has 18 heavy (non-hydrogen) atoms. The van der Waals surface area contributed by atoms with Crippen molar-refractivity contribution in [3.63, 3.8) is 0 Å². The molecule has 2 rings (SSSR count). The van der Waals surface area contributed by atoms with Crippen LogP contribution in [-0.2, 0) is 4.79 Å². The summed E-state index contributed by atoms with van der Waals surface area (Å²) < 4.78 is 1.02. The zero-order valence-corrected chi connectivity index (χ0v) is 11.2. The van der Waals surface area contributed by atoms with Gasteiger partial charge in [-0.3, -0.25) is 4.79 Å². The number of fused-ring (bicyclic) bond motifs is 1. The Labute approximate surface area is 109 Å². The molecule has 0 saturated heterocycles. The van der Waals surface area contributed by atoms with E-state index < -0.39 is 5.41 Å². The molecule has 0 unspecified atom stereocenters. The molecule has 1 aromatic carbocycles. The van der Waals surface area contributed by atoms with E-state index in [9.17, 15) is 4.79 Å². The number of carbonyl (C=O) groups is 1. The minimum absolute atomic E-state index is 0.333. The second-order valence-electron chi connectivity index (χ2n) is 4.85. The fourth-order valence-corrected chi connectivity index (χ4v) is 2.31. The van der Waals surface area contributed by atoms with E-state index in [1.807, 2.05) is 18.2 Å². The van der Waals surface area contributed by atoms with Crippen LogP contribution in [0, 0.1) is 5.41 Å². The lowest BCUT2D eigenvalue weighted by molar-refractivity contribution is -0.125. The van der Waals surface area contributed by atoms with E-state index in [1.165, 1.54) is 11.3 Å². The van der Waals surface area contributed by atoms with Crippen LogP contribution in [0.5, 0.6) is 0 Å². The lowest BCUT2D eigenvalue weighted by atomic mass is 9.93. The summed E-state index contributed by atoms with van der Waals surface area (Å²) in [6.07, 6.45) is 0. The maximum absolute atomic E-state index is 11.2. The van der Waals surface area contributed by atoms with Gasteiger partial charge >= 0.3 is 0 Å². The molecule has 1 amide bonds. The molecule has 6 heteroatoms. The van der Waals surface area contributed by atoms with Gasteiger partial charge in [-0.15, -0.1) is 0 Å². The number of hydrogen-bond acceptors (Lipinski definition) is 5. The summed E-state index contributed by atoms with van der Waals surface area (Å²) in [6, 6.07) is 5.59. The second-order valence-corrected chi connectivity index (χ2v) is 5.88. The van der Waals surface area contributed by atoms with Crippen LogP contribution in [-0.4, -0.2) is 17.4 Å². The fraction of sp³-hybridized carbons (Fsp3) is 0.333. The van der Waals surface area contributed by atoms with E-state index in [4.69, 9.17) is 11.5 Å². The number of hydrogen-bond donors (Lipinski definition) is 3. The van der Waals surface area contributed by atoms with Crippen molar-refractivity contribution < 1.29 is 4.79 Å². The molecule has 0 radical (unpaired) electrons. The third-order valence-electron chi connectivity index (χ3n) is 2.76. The Bertz CT molecular complexity index is 591. The Morgan fingerprint density at radius 3 is 2.89 bits per heavy atom. The average Bonchev–Trinajstić information content (AvgIpc) is 2.68. The zero-order chi connectivity index (χ0) is 13.3. The van der Waals surface area contributed by atoms with Crippen LogP contribution in [0.1, 0.15) is 13.8 Å². The van der Waals surface area contributed by atoms with Crippen molar-refractivity contribution >= 4 is 38.3 Å². The van der Waals surface area contributed by atoms with Crippen molar-refractivity contribution in [2.24, 2.45) is 11.1 Å². The Kier molecular flexibility index (Phi) is 3.13. The highest BCUT2D eigenvalue weighted by Crippen LogP contribution is 2.28. The summed E-state index contributed by atoms with van der Waals surface area (Å²) in [4.78, 5) is 15.6. The van der Waals surface area contributed by atoms with Gasteiger partial charge < -0.3 is 16.8 Å². The molecular formula is C12H16N4OS. The number of aromatic nitrogens is 1. The number of primary amides is 1. The number of nitrogens with zero attached hydrogens (tertiary/aromatic N) is 1. The van der Waals surface area contributed by atoms with E-state index in [1.54, 1.807) is 13.8 Å². The van der Waals surface area contributed by atoms with E-state index in [-0.39, 0.29) is 5.91 Å². The first-order valence-corrected chi connectivity index (χ1v) is 6.40. The molecule has 0 aliphatic heterocycles. The molecule has 1 heterocycles. The number of nitrogens with two attached hydrogens (primary N) is 2. The van der Waals surface area contributed by atoms with E-state index >= 15 is 0 Å². The average molecular weight is 264 g/mol. The second kappa shape index (κ2) is 4.45. The Balaban J connectivity index is 2.15. The van der Waals surface area contributed by atoms with Crippen LogP contribution in [0.4, 0.5) is 10.8 Å². The highest BCUT2D eigenvalue weighted by Gasteiger charge is 2.24. The Hall–Kier alpha value is -1.82. The Morgan fingerprint density at radius 2 is 2.22 bits per heavy atom. The summed E-state index contributed by atoms with van der Waals surface area (Å²) in [7, 11) is 0. The molecule has 5 nitrogen and oxygen atoms in total. The van der Waals surface area contributed by atoms with Gasteiger partial charge in [0.2, 0.25) is 5.91 Å². The summed E-state index contributed by atoms with van der Waals surface area (Å²) in [5.41, 5.74) is 12.0. The monoisotopic (exact) mass is 264 g/mol. The van der Waals surface area contributed by atoms with E-state index in [2.05, 4.69) is 10.3 Å². The largest absolute Gasteiger partial charge is 0.399 e. The normalized spacial score (nSPS) is 11.7. The molecule has 0 spiro atoms. The summed E-state index contributed by atoms with van der Waals surface area (Å²) in [5.74, 6) is -0.333. The van der Waals surface area contributed by atoms with Gasteiger partial charge in [0.15, 0.2) is 5.13 Å². The fourth-order valence-electron chi connectivity index (χ4n) is 1.40. The number of nitrogen functional groups attached to an aromatic ring is 1. The summed E-state index contributed by atoms with van der Waals surface area (Å²) >= 11 is 1.51. The van der Waals surface area contributed by atoms with Crippen LogP contribution in [0.2, 0.25) is 0 Å². The minimum atomic E-state index is -0.600. The standard InChI is InChI=1S/C12H16N4OS/c1-12(2,10(14)17)6-15-11-16-8-4-3-7(13)5-9(8)18-11/h3-5H,6,13H2,1-2H3,(H2,14,17)(H,15,16). The molecule has 0 aliphatic rings. The number of anilines is 2. The van der Waals surface area contributed by atoms with E-state index in [0.717, 1.165) is 21.0 Å². The van der Waals surface area contributed by atoms with Crippen molar-refractivity contribution in [1.82, 2.24) is 4.98 Å². The van der Waals surface area contributed by atoms with Gasteiger partial charge in [0.1, 0.15) is 0 Å². The molecule has 5 N–H and O–H groups in total. The van der Waals surface area contributed by atoms with Crippen molar-refractivity contribution in [1.29, 1.82) is 0 Å². The lowest BCUT2D eigenvalue weighted by Gasteiger charge is -2.20. The maximum Gasteiger partial charge on any atom is 0.224 e. The van der Waals surface area contributed by atoms with Gasteiger partial charge in [0.25, 0.3) is 0 Å². The van der Waals surface area contributed by atoms with Gasteiger partial charge in [-0.2, -0.15) is 0 Å². The topological polar surface area (TPSA) is 94.0 Å². The number of rotatable bonds is 4. The first kappa shape index (κ1) is 12.6. The molecule has 0 fully saturated rings.